The summed E-state index contributed by atoms with van der Waals surface area (Å²) < 4.78 is 6.97. The smallest absolute Gasteiger partial charge is 0.359 e. The molecule has 0 aliphatic heterocycles. The van der Waals surface area contributed by atoms with Gasteiger partial charge < -0.3 is 10.1 Å². The van der Waals surface area contributed by atoms with Crippen LogP contribution >= 0.6 is 11.8 Å². The molecule has 1 aromatic carbocycles. The number of benzene rings is 1. The number of carbonyl (C=O) groups is 2. The molecule has 1 heterocycles. The van der Waals surface area contributed by atoms with Crippen molar-refractivity contribution in [1.29, 1.82) is 0 Å². The number of nitrogens with one attached hydrogen (secondary N) is 1. The van der Waals surface area contributed by atoms with Crippen LogP contribution in [0.25, 0.3) is 5.69 Å². The zero-order valence-corrected chi connectivity index (χ0v) is 17.5. The lowest BCUT2D eigenvalue weighted by Crippen LogP contribution is -2.21. The Morgan fingerprint density at radius 2 is 1.81 bits per heavy atom. The Morgan fingerprint density at radius 1 is 1.19 bits per heavy atom. The summed E-state index contributed by atoms with van der Waals surface area (Å²) in [4.78, 5) is 29.3. The van der Waals surface area contributed by atoms with E-state index in [9.17, 15) is 9.59 Å². The van der Waals surface area contributed by atoms with Crippen LogP contribution in [0.15, 0.2) is 29.4 Å². The van der Waals surface area contributed by atoms with Crippen LogP contribution in [0.4, 0.5) is 5.82 Å². The Hall–Kier alpha value is -2.28. The zero-order chi connectivity index (χ0) is 20.1. The van der Waals surface area contributed by atoms with E-state index in [-0.39, 0.29) is 29.9 Å². The summed E-state index contributed by atoms with van der Waals surface area (Å²) in [6.45, 7) is 9.82. The van der Waals surface area contributed by atoms with Gasteiger partial charge in [-0.2, -0.15) is 0 Å². The van der Waals surface area contributed by atoms with Gasteiger partial charge in [-0.3, -0.25) is 9.36 Å². The summed E-state index contributed by atoms with van der Waals surface area (Å²) in [6.07, 6.45) is 1.88. The Labute approximate surface area is 164 Å². The van der Waals surface area contributed by atoms with Crippen LogP contribution in [0, 0.1) is 5.92 Å². The molecule has 0 unspecified atom stereocenters. The maximum absolute atomic E-state index is 12.7. The summed E-state index contributed by atoms with van der Waals surface area (Å²) in [5, 5.41) is 3.36. The summed E-state index contributed by atoms with van der Waals surface area (Å²) >= 11 is 1.40. The van der Waals surface area contributed by atoms with E-state index in [4.69, 9.17) is 4.74 Å². The van der Waals surface area contributed by atoms with E-state index < -0.39 is 5.97 Å². The van der Waals surface area contributed by atoms with E-state index in [1.54, 1.807) is 25.3 Å². The van der Waals surface area contributed by atoms with Crippen LogP contribution in [-0.4, -0.2) is 34.3 Å². The number of thioether (sulfide) groups is 1. The number of amides is 1. The summed E-state index contributed by atoms with van der Waals surface area (Å²) in [5.74, 6) is -0.310. The summed E-state index contributed by atoms with van der Waals surface area (Å²) in [7, 11) is 0. The molecule has 1 amide bonds. The van der Waals surface area contributed by atoms with E-state index in [0.29, 0.717) is 11.1 Å². The van der Waals surface area contributed by atoms with Crippen LogP contribution in [0.1, 0.15) is 56.6 Å². The number of ether oxygens (including phenoxy) is 1. The first kappa shape index (κ1) is 21.0. The predicted molar refractivity (Wildman–Crippen MR) is 109 cm³/mol. The van der Waals surface area contributed by atoms with Crippen molar-refractivity contribution in [3.8, 4) is 5.69 Å². The third-order valence-corrected chi connectivity index (χ3v) is 4.72. The molecule has 0 bridgehead atoms. The third kappa shape index (κ3) is 4.71. The fourth-order valence-corrected chi connectivity index (χ4v) is 3.08. The number of hydrogen-bond donors (Lipinski definition) is 1. The maximum atomic E-state index is 12.7. The standard InChI is InChI=1S/C20H27N3O3S/c1-7-26-19(25)16-17(21-18(24)13(4)5)22-20(27-6)23(16)15-10-8-14(9-11-15)12(2)3/h8-13H,7H2,1-6H3,(H,21,24). The van der Waals surface area contributed by atoms with Crippen molar-refractivity contribution in [2.24, 2.45) is 5.92 Å². The molecule has 7 heteroatoms. The molecule has 0 aliphatic rings. The van der Waals surface area contributed by atoms with E-state index in [2.05, 4.69) is 24.1 Å². The van der Waals surface area contributed by atoms with Crippen LogP contribution in [0.3, 0.4) is 0 Å². The predicted octanol–water partition coefficient (Wildman–Crippen LogP) is 4.49. The first-order chi connectivity index (χ1) is 12.8. The molecule has 1 N–H and O–H groups in total. The van der Waals surface area contributed by atoms with Gasteiger partial charge in [-0.25, -0.2) is 9.78 Å². The van der Waals surface area contributed by atoms with Gasteiger partial charge in [0.25, 0.3) is 0 Å². The zero-order valence-electron chi connectivity index (χ0n) is 16.7. The molecule has 2 rings (SSSR count). The van der Waals surface area contributed by atoms with Gasteiger partial charge in [-0.05, 0) is 36.8 Å². The maximum Gasteiger partial charge on any atom is 0.359 e. The van der Waals surface area contributed by atoms with Crippen molar-refractivity contribution in [3.63, 3.8) is 0 Å². The second-order valence-corrected chi connectivity index (χ2v) is 7.52. The van der Waals surface area contributed by atoms with Crippen molar-refractivity contribution >= 4 is 29.5 Å². The average molecular weight is 390 g/mol. The first-order valence-corrected chi connectivity index (χ1v) is 10.3. The van der Waals surface area contributed by atoms with Crippen molar-refractivity contribution in [1.82, 2.24) is 9.55 Å². The Morgan fingerprint density at radius 3 is 2.30 bits per heavy atom. The van der Waals surface area contributed by atoms with Crippen LogP contribution in [0.2, 0.25) is 0 Å². The van der Waals surface area contributed by atoms with Crippen LogP contribution < -0.4 is 5.32 Å². The lowest BCUT2D eigenvalue weighted by atomic mass is 10.0. The molecule has 0 atom stereocenters. The molecule has 0 spiro atoms. The number of hydrogen-bond acceptors (Lipinski definition) is 5. The fraction of sp³-hybridized carbons (Fsp3) is 0.450. The minimum atomic E-state index is -0.516. The highest BCUT2D eigenvalue weighted by molar-refractivity contribution is 7.98. The second-order valence-electron chi connectivity index (χ2n) is 6.74. The minimum Gasteiger partial charge on any atom is -0.461 e. The van der Waals surface area contributed by atoms with Gasteiger partial charge in [-0.15, -0.1) is 0 Å². The van der Waals surface area contributed by atoms with Gasteiger partial charge in [0.15, 0.2) is 16.7 Å². The Balaban J connectivity index is 2.61. The highest BCUT2D eigenvalue weighted by Crippen LogP contribution is 2.29. The number of aromatic nitrogens is 2. The van der Waals surface area contributed by atoms with Crippen LogP contribution in [-0.2, 0) is 9.53 Å². The van der Waals surface area contributed by atoms with Gasteiger partial charge in [0.1, 0.15) is 0 Å². The lowest BCUT2D eigenvalue weighted by Gasteiger charge is -2.13. The quantitative estimate of drug-likeness (QED) is 0.558. The highest BCUT2D eigenvalue weighted by atomic mass is 32.2. The molecule has 2 aromatic rings. The molecule has 0 radical (unpaired) electrons. The third-order valence-electron chi connectivity index (χ3n) is 4.08. The minimum absolute atomic E-state index is 0.201. The Kier molecular flexibility index (Phi) is 7.07. The SMILES string of the molecule is CCOC(=O)c1c(NC(=O)C(C)C)nc(SC)n1-c1ccc(C(C)C)cc1. The monoisotopic (exact) mass is 389 g/mol. The van der Waals surface area contributed by atoms with Crippen molar-refractivity contribution < 1.29 is 14.3 Å². The number of rotatable bonds is 7. The molecule has 27 heavy (non-hydrogen) atoms. The van der Waals surface area contributed by atoms with Gasteiger partial charge in [0.05, 0.1) is 6.61 Å². The molecule has 146 valence electrons. The topological polar surface area (TPSA) is 73.2 Å². The first-order valence-electron chi connectivity index (χ1n) is 9.05. The van der Waals surface area contributed by atoms with Gasteiger partial charge >= 0.3 is 5.97 Å². The van der Waals surface area contributed by atoms with E-state index in [0.717, 1.165) is 5.69 Å². The lowest BCUT2D eigenvalue weighted by molar-refractivity contribution is -0.118. The average Bonchev–Trinajstić information content (AvgIpc) is 3.00. The number of imidazole rings is 1. The summed E-state index contributed by atoms with van der Waals surface area (Å²) in [5.41, 5.74) is 2.23. The summed E-state index contributed by atoms with van der Waals surface area (Å²) in [6, 6.07) is 7.97. The normalized spacial score (nSPS) is 11.1. The van der Waals surface area contributed by atoms with E-state index in [1.807, 2.05) is 30.5 Å². The number of esters is 1. The molecule has 0 fully saturated rings. The molecule has 1 aromatic heterocycles. The second kappa shape index (κ2) is 9.08. The molecular weight excluding hydrogens is 362 g/mol. The molecule has 0 saturated heterocycles. The fourth-order valence-electron chi connectivity index (χ4n) is 2.52. The largest absolute Gasteiger partial charge is 0.461 e. The van der Waals surface area contributed by atoms with Crippen molar-refractivity contribution in [2.45, 2.75) is 45.7 Å². The van der Waals surface area contributed by atoms with Gasteiger partial charge in [0, 0.05) is 11.6 Å². The van der Waals surface area contributed by atoms with E-state index in [1.165, 1.54) is 17.3 Å². The number of carbonyl (C=O) groups excluding carboxylic acids is 2. The van der Waals surface area contributed by atoms with Crippen molar-refractivity contribution in [2.75, 3.05) is 18.2 Å². The van der Waals surface area contributed by atoms with E-state index >= 15 is 0 Å². The van der Waals surface area contributed by atoms with Gasteiger partial charge in [-0.1, -0.05) is 51.6 Å². The number of nitrogens with zero attached hydrogens (tertiary/aromatic N) is 2. The molecule has 6 nitrogen and oxygen atoms in total. The molecule has 0 saturated carbocycles. The van der Waals surface area contributed by atoms with Gasteiger partial charge in [0.2, 0.25) is 5.91 Å². The number of anilines is 1. The highest BCUT2D eigenvalue weighted by Gasteiger charge is 2.27. The molecular formula is C20H27N3O3S. The van der Waals surface area contributed by atoms with Crippen molar-refractivity contribution in [3.05, 3.63) is 35.5 Å². The molecule has 0 aliphatic carbocycles. The Bertz CT molecular complexity index is 811. The van der Waals surface area contributed by atoms with Crippen LogP contribution in [0.5, 0.6) is 0 Å².